The van der Waals surface area contributed by atoms with Crippen molar-refractivity contribution in [3.63, 3.8) is 0 Å². The number of carbonyl (C=O) groups is 2. The molecule has 2 fully saturated rings. The molecule has 2 saturated heterocycles. The van der Waals surface area contributed by atoms with E-state index in [-0.39, 0.29) is 33.7 Å². The van der Waals surface area contributed by atoms with Crippen molar-refractivity contribution >= 4 is 27.5 Å². The number of methoxy groups -OCH3 is 1. The zero-order valence-electron chi connectivity index (χ0n) is 20.5. The van der Waals surface area contributed by atoms with Gasteiger partial charge in [-0.2, -0.15) is 0 Å². The van der Waals surface area contributed by atoms with Gasteiger partial charge in [-0.3, -0.25) is 14.3 Å². The summed E-state index contributed by atoms with van der Waals surface area (Å²) in [4.78, 5) is 27.7. The third kappa shape index (κ3) is 6.17. The summed E-state index contributed by atoms with van der Waals surface area (Å²) in [5, 5.41) is 2.82. The summed E-state index contributed by atoms with van der Waals surface area (Å²) in [5.41, 5.74) is 0.553. The summed E-state index contributed by atoms with van der Waals surface area (Å²) in [7, 11) is -2.65. The Hall–Kier alpha value is -3.11. The number of anilines is 1. The number of amides is 2. The highest BCUT2D eigenvalue weighted by molar-refractivity contribution is 7.92. The summed E-state index contributed by atoms with van der Waals surface area (Å²) in [6.45, 7) is 2.30. The van der Waals surface area contributed by atoms with Gasteiger partial charge in [0.1, 0.15) is 5.75 Å². The van der Waals surface area contributed by atoms with Gasteiger partial charge in [0.05, 0.1) is 34.9 Å². The van der Waals surface area contributed by atoms with Gasteiger partial charge in [-0.1, -0.05) is 25.0 Å². The average Bonchev–Trinajstić information content (AvgIpc) is 3.26. The van der Waals surface area contributed by atoms with Crippen molar-refractivity contribution < 1.29 is 27.5 Å². The Morgan fingerprint density at radius 1 is 1.03 bits per heavy atom. The number of nitrogens with one attached hydrogen (secondary N) is 2. The number of hydrogen-bond donors (Lipinski definition) is 2. The van der Waals surface area contributed by atoms with E-state index in [0.29, 0.717) is 32.0 Å². The number of rotatable bonds is 8. The number of nitrogens with zero attached hydrogens (tertiary/aromatic N) is 1. The molecule has 2 amide bonds. The Morgan fingerprint density at radius 2 is 1.78 bits per heavy atom. The van der Waals surface area contributed by atoms with Crippen molar-refractivity contribution in [3.8, 4) is 5.75 Å². The molecule has 36 heavy (non-hydrogen) atoms. The van der Waals surface area contributed by atoms with Gasteiger partial charge in [0.25, 0.3) is 21.8 Å². The molecule has 2 aromatic carbocycles. The quantitative estimate of drug-likeness (QED) is 0.557. The lowest BCUT2D eigenvalue weighted by atomic mass is 10.1. The minimum absolute atomic E-state index is 0.0303. The minimum atomic E-state index is -4.10. The van der Waals surface area contributed by atoms with Crippen molar-refractivity contribution in [3.05, 3.63) is 53.6 Å². The zero-order chi connectivity index (χ0) is 25.5. The first-order chi connectivity index (χ1) is 17.4. The van der Waals surface area contributed by atoms with Gasteiger partial charge >= 0.3 is 0 Å². The largest absolute Gasteiger partial charge is 0.496 e. The van der Waals surface area contributed by atoms with Crippen molar-refractivity contribution in [2.24, 2.45) is 0 Å². The molecule has 2 aromatic rings. The van der Waals surface area contributed by atoms with Crippen LogP contribution in [-0.4, -0.2) is 64.6 Å². The first-order valence-electron chi connectivity index (χ1n) is 12.4. The molecule has 2 aliphatic heterocycles. The maximum absolute atomic E-state index is 13.3. The number of hydrogen-bond acceptors (Lipinski definition) is 6. The third-order valence-corrected chi connectivity index (χ3v) is 7.90. The first kappa shape index (κ1) is 26.0. The van der Waals surface area contributed by atoms with Crippen LogP contribution in [0.2, 0.25) is 0 Å². The van der Waals surface area contributed by atoms with Gasteiger partial charge < -0.3 is 19.7 Å². The van der Waals surface area contributed by atoms with Crippen LogP contribution in [-0.2, 0) is 14.8 Å². The van der Waals surface area contributed by atoms with Crippen molar-refractivity contribution in [2.75, 3.05) is 38.1 Å². The van der Waals surface area contributed by atoms with Gasteiger partial charge in [-0.05, 0) is 56.0 Å². The van der Waals surface area contributed by atoms with Gasteiger partial charge in [-0.25, -0.2) is 8.42 Å². The fraction of sp³-hybridized carbons (Fsp3) is 0.462. The van der Waals surface area contributed by atoms with E-state index in [1.807, 2.05) is 0 Å². The van der Waals surface area contributed by atoms with Crippen LogP contribution >= 0.6 is 0 Å². The fourth-order valence-corrected chi connectivity index (χ4v) is 5.65. The normalized spacial score (nSPS) is 18.4. The van der Waals surface area contributed by atoms with E-state index in [1.54, 1.807) is 23.1 Å². The number of benzene rings is 2. The Labute approximate surface area is 212 Å². The molecular formula is C26H33N3O6S. The predicted octanol–water partition coefficient (Wildman–Crippen LogP) is 3.42. The van der Waals surface area contributed by atoms with Crippen LogP contribution < -0.4 is 14.8 Å². The van der Waals surface area contributed by atoms with E-state index in [0.717, 1.165) is 38.5 Å². The molecule has 194 valence electrons. The number of likely N-dealkylation sites (tertiary alicyclic amines) is 1. The van der Waals surface area contributed by atoms with Crippen LogP contribution in [0.3, 0.4) is 0 Å². The maximum Gasteiger partial charge on any atom is 0.261 e. The molecule has 1 atom stereocenters. The third-order valence-electron chi connectivity index (χ3n) is 6.54. The molecule has 0 radical (unpaired) electrons. The van der Waals surface area contributed by atoms with E-state index in [2.05, 4.69) is 10.0 Å². The smallest absolute Gasteiger partial charge is 0.261 e. The van der Waals surface area contributed by atoms with Gasteiger partial charge in [0.15, 0.2) is 0 Å². The van der Waals surface area contributed by atoms with E-state index in [1.165, 1.54) is 31.4 Å². The summed E-state index contributed by atoms with van der Waals surface area (Å²) in [6, 6.07) is 10.6. The van der Waals surface area contributed by atoms with Crippen molar-refractivity contribution in [1.82, 2.24) is 10.2 Å². The number of ether oxygens (including phenoxy) is 2. The molecule has 0 bridgehead atoms. The molecule has 2 aliphatic rings. The maximum atomic E-state index is 13.3. The molecule has 0 spiro atoms. The van der Waals surface area contributed by atoms with Gasteiger partial charge in [-0.15, -0.1) is 0 Å². The van der Waals surface area contributed by atoms with Crippen LogP contribution in [0.5, 0.6) is 5.75 Å². The zero-order valence-corrected chi connectivity index (χ0v) is 21.3. The second kappa shape index (κ2) is 11.7. The molecule has 9 nitrogen and oxygen atoms in total. The minimum Gasteiger partial charge on any atom is -0.496 e. The lowest BCUT2D eigenvalue weighted by Gasteiger charge is -2.22. The molecule has 0 aliphatic carbocycles. The molecule has 2 N–H and O–H groups in total. The van der Waals surface area contributed by atoms with E-state index in [9.17, 15) is 18.0 Å². The Morgan fingerprint density at radius 3 is 2.47 bits per heavy atom. The molecule has 0 saturated carbocycles. The summed E-state index contributed by atoms with van der Waals surface area (Å²) in [6.07, 6.45) is 5.78. The van der Waals surface area contributed by atoms with Crippen LogP contribution in [0.15, 0.2) is 47.4 Å². The van der Waals surface area contributed by atoms with Crippen molar-refractivity contribution in [2.45, 2.75) is 49.5 Å². The standard InChI is InChI=1S/C26H33N3O6S/c1-34-24-13-12-20(17-22(24)26(31)29-14-6-2-3-7-15-29)36(32,33)28-23-11-5-4-10-21(23)25(30)27-18-19-9-8-16-35-19/h4-5,10-13,17,19,28H,2-3,6-9,14-16,18H2,1H3,(H,27,30)/t19-/m0/s1. The fourth-order valence-electron chi connectivity index (χ4n) is 4.55. The molecule has 4 rings (SSSR count). The SMILES string of the molecule is COc1ccc(S(=O)(=O)Nc2ccccc2C(=O)NC[C@@H]2CCCO2)cc1C(=O)N1CCCCCC1. The molecule has 10 heteroatoms. The van der Waals surface area contributed by atoms with Crippen LogP contribution in [0.25, 0.3) is 0 Å². The highest BCUT2D eigenvalue weighted by Crippen LogP contribution is 2.27. The lowest BCUT2D eigenvalue weighted by Crippen LogP contribution is -2.32. The summed E-state index contributed by atoms with van der Waals surface area (Å²) in [5.74, 6) is -0.327. The Kier molecular flexibility index (Phi) is 8.48. The van der Waals surface area contributed by atoms with Crippen LogP contribution in [0.4, 0.5) is 5.69 Å². The topological polar surface area (TPSA) is 114 Å². The first-order valence-corrected chi connectivity index (χ1v) is 13.9. The second-order valence-electron chi connectivity index (χ2n) is 9.06. The van der Waals surface area contributed by atoms with Crippen LogP contribution in [0.1, 0.15) is 59.2 Å². The monoisotopic (exact) mass is 515 g/mol. The number of sulfonamides is 1. The van der Waals surface area contributed by atoms with Gasteiger partial charge in [0, 0.05) is 26.2 Å². The highest BCUT2D eigenvalue weighted by atomic mass is 32.2. The summed E-state index contributed by atoms with van der Waals surface area (Å²) >= 11 is 0. The van der Waals surface area contributed by atoms with E-state index >= 15 is 0 Å². The van der Waals surface area contributed by atoms with E-state index < -0.39 is 15.9 Å². The number of para-hydroxylation sites is 1. The Bertz CT molecular complexity index is 1190. The molecule has 0 aromatic heterocycles. The van der Waals surface area contributed by atoms with Crippen molar-refractivity contribution in [1.29, 1.82) is 0 Å². The predicted molar refractivity (Wildman–Crippen MR) is 136 cm³/mol. The highest BCUT2D eigenvalue weighted by Gasteiger charge is 2.25. The second-order valence-corrected chi connectivity index (χ2v) is 10.7. The summed E-state index contributed by atoms with van der Waals surface area (Å²) < 4.78 is 40.1. The Balaban J connectivity index is 1.55. The van der Waals surface area contributed by atoms with E-state index in [4.69, 9.17) is 9.47 Å². The van der Waals surface area contributed by atoms with Gasteiger partial charge in [0.2, 0.25) is 0 Å². The molecular weight excluding hydrogens is 482 g/mol. The number of carbonyl (C=O) groups excluding carboxylic acids is 2. The average molecular weight is 516 g/mol. The molecule has 0 unspecified atom stereocenters. The molecule has 2 heterocycles. The lowest BCUT2D eigenvalue weighted by molar-refractivity contribution is 0.0757. The van der Waals surface area contributed by atoms with Crippen LogP contribution in [0, 0.1) is 0 Å².